The number of benzene rings is 2. The summed E-state index contributed by atoms with van der Waals surface area (Å²) in [4.78, 5) is 21.7. The lowest BCUT2D eigenvalue weighted by molar-refractivity contribution is 0.0952. The molecule has 2 aliphatic rings. The van der Waals surface area contributed by atoms with E-state index in [4.69, 9.17) is 4.74 Å². The summed E-state index contributed by atoms with van der Waals surface area (Å²) in [5.74, 6) is 1.89. The number of pyridine rings is 1. The lowest BCUT2D eigenvalue weighted by atomic mass is 10.1. The zero-order chi connectivity index (χ0) is 26.1. The zero-order valence-corrected chi connectivity index (χ0v) is 21.9. The first-order chi connectivity index (χ1) is 18.6. The molecule has 2 aromatic heterocycles. The first-order valence-electron chi connectivity index (χ1n) is 13.2. The third-order valence-electron chi connectivity index (χ3n) is 7.36. The van der Waals surface area contributed by atoms with Gasteiger partial charge in [-0.1, -0.05) is 12.1 Å². The van der Waals surface area contributed by atoms with Gasteiger partial charge in [-0.05, 0) is 67.8 Å². The van der Waals surface area contributed by atoms with Crippen LogP contribution in [0.25, 0.3) is 16.8 Å². The molecular weight excluding hydrogens is 478 g/mol. The lowest BCUT2D eigenvalue weighted by Crippen LogP contribution is -2.44. The van der Waals surface area contributed by atoms with Gasteiger partial charge in [-0.2, -0.15) is 4.98 Å². The van der Waals surface area contributed by atoms with Crippen molar-refractivity contribution < 1.29 is 9.53 Å². The van der Waals surface area contributed by atoms with Crippen LogP contribution in [0, 0.1) is 5.92 Å². The molecule has 0 atom stereocenters. The maximum Gasteiger partial charge on any atom is 0.251 e. The SMILES string of the molecule is COc1cc(N2CCN(C)CC2)ccc1Nc1nc2ccc(-c3ccc(C(=O)NCC4CC4)cc3)cn2n1. The highest BCUT2D eigenvalue weighted by molar-refractivity contribution is 5.94. The molecule has 9 heteroatoms. The minimum Gasteiger partial charge on any atom is -0.494 e. The Bertz CT molecular complexity index is 1440. The number of rotatable bonds is 8. The fourth-order valence-electron chi connectivity index (χ4n) is 4.75. The van der Waals surface area contributed by atoms with E-state index < -0.39 is 0 Å². The molecule has 0 radical (unpaired) electrons. The minimum absolute atomic E-state index is 0.0158. The van der Waals surface area contributed by atoms with Crippen molar-refractivity contribution in [3.63, 3.8) is 0 Å². The first kappa shape index (κ1) is 24.2. The van der Waals surface area contributed by atoms with E-state index in [0.717, 1.165) is 66.6 Å². The number of fused-ring (bicyclic) bond motifs is 1. The second-order valence-corrected chi connectivity index (χ2v) is 10.2. The average Bonchev–Trinajstić information content (AvgIpc) is 3.70. The minimum atomic E-state index is -0.0158. The van der Waals surface area contributed by atoms with Crippen LogP contribution in [-0.2, 0) is 0 Å². The van der Waals surface area contributed by atoms with E-state index in [2.05, 4.69) is 49.7 Å². The van der Waals surface area contributed by atoms with Crippen LogP contribution < -0.4 is 20.3 Å². The van der Waals surface area contributed by atoms with Gasteiger partial charge in [0, 0.05) is 61.8 Å². The number of piperazine rings is 1. The van der Waals surface area contributed by atoms with Gasteiger partial charge in [0.15, 0.2) is 5.65 Å². The number of ether oxygens (including phenoxy) is 1. The summed E-state index contributed by atoms with van der Waals surface area (Å²) in [5.41, 5.74) is 5.39. The highest BCUT2D eigenvalue weighted by atomic mass is 16.5. The van der Waals surface area contributed by atoms with E-state index in [1.54, 1.807) is 11.6 Å². The van der Waals surface area contributed by atoms with Crippen molar-refractivity contribution in [3.05, 3.63) is 66.4 Å². The predicted octanol–water partition coefficient (Wildman–Crippen LogP) is 4.04. The Balaban J connectivity index is 1.16. The van der Waals surface area contributed by atoms with Gasteiger partial charge in [-0.15, -0.1) is 5.10 Å². The monoisotopic (exact) mass is 511 g/mol. The molecule has 3 heterocycles. The van der Waals surface area contributed by atoms with Crippen LogP contribution in [0.1, 0.15) is 23.2 Å². The number of aromatic nitrogens is 3. The molecule has 2 fully saturated rings. The van der Waals surface area contributed by atoms with Crippen LogP contribution in [0.4, 0.5) is 17.3 Å². The number of anilines is 3. The van der Waals surface area contributed by atoms with Gasteiger partial charge in [-0.25, -0.2) is 4.52 Å². The lowest BCUT2D eigenvalue weighted by Gasteiger charge is -2.34. The van der Waals surface area contributed by atoms with Gasteiger partial charge >= 0.3 is 0 Å². The second kappa shape index (κ2) is 10.3. The van der Waals surface area contributed by atoms with E-state index in [1.165, 1.54) is 12.8 Å². The molecule has 4 aromatic rings. The smallest absolute Gasteiger partial charge is 0.251 e. The maximum absolute atomic E-state index is 12.4. The third-order valence-corrected chi connectivity index (χ3v) is 7.36. The van der Waals surface area contributed by atoms with Crippen LogP contribution >= 0.6 is 0 Å². The van der Waals surface area contributed by atoms with Crippen molar-refractivity contribution >= 4 is 28.9 Å². The van der Waals surface area contributed by atoms with Crippen LogP contribution in [0.15, 0.2) is 60.8 Å². The molecule has 1 aliphatic heterocycles. The van der Waals surface area contributed by atoms with Crippen molar-refractivity contribution in [1.82, 2.24) is 24.8 Å². The van der Waals surface area contributed by atoms with E-state index in [1.807, 2.05) is 48.7 Å². The van der Waals surface area contributed by atoms with Crippen LogP contribution in [-0.4, -0.2) is 72.3 Å². The summed E-state index contributed by atoms with van der Waals surface area (Å²) >= 11 is 0. The van der Waals surface area contributed by atoms with Crippen LogP contribution in [0.5, 0.6) is 5.75 Å². The van der Waals surface area contributed by atoms with Crippen molar-refractivity contribution in [1.29, 1.82) is 0 Å². The van der Waals surface area contributed by atoms with Crippen LogP contribution in [0.3, 0.4) is 0 Å². The third kappa shape index (κ3) is 5.28. The van der Waals surface area contributed by atoms with Gasteiger partial charge in [0.25, 0.3) is 5.91 Å². The van der Waals surface area contributed by atoms with E-state index in [0.29, 0.717) is 17.4 Å². The molecular formula is C29H33N7O2. The van der Waals surface area contributed by atoms with E-state index in [-0.39, 0.29) is 5.91 Å². The molecule has 0 bridgehead atoms. The van der Waals surface area contributed by atoms with E-state index >= 15 is 0 Å². The number of nitrogens with zero attached hydrogens (tertiary/aromatic N) is 5. The van der Waals surface area contributed by atoms with Gasteiger partial charge in [-0.3, -0.25) is 4.79 Å². The molecule has 196 valence electrons. The molecule has 2 N–H and O–H groups in total. The number of likely N-dealkylation sites (N-methyl/N-ethyl adjacent to an activating group) is 1. The molecule has 38 heavy (non-hydrogen) atoms. The van der Waals surface area contributed by atoms with Crippen molar-refractivity contribution in [2.75, 3.05) is 57.1 Å². The van der Waals surface area contributed by atoms with Crippen LogP contribution in [0.2, 0.25) is 0 Å². The summed E-state index contributed by atoms with van der Waals surface area (Å²) in [6.07, 6.45) is 4.39. The Morgan fingerprint density at radius 3 is 2.50 bits per heavy atom. The summed E-state index contributed by atoms with van der Waals surface area (Å²) in [6.45, 7) is 4.87. The Kier molecular flexibility index (Phi) is 6.59. The molecule has 9 nitrogen and oxygen atoms in total. The predicted molar refractivity (Wildman–Crippen MR) is 149 cm³/mol. The fourth-order valence-corrected chi connectivity index (χ4v) is 4.75. The molecule has 1 amide bonds. The number of amides is 1. The number of carbonyl (C=O) groups is 1. The molecule has 0 spiro atoms. The molecule has 0 unspecified atom stereocenters. The summed E-state index contributed by atoms with van der Waals surface area (Å²) in [5, 5.41) is 11.0. The van der Waals surface area contributed by atoms with Crippen molar-refractivity contribution in [2.45, 2.75) is 12.8 Å². The Hall–Kier alpha value is -4.11. The molecule has 2 aromatic carbocycles. The zero-order valence-electron chi connectivity index (χ0n) is 21.9. The summed E-state index contributed by atoms with van der Waals surface area (Å²) in [7, 11) is 3.84. The maximum atomic E-state index is 12.4. The number of methoxy groups -OCH3 is 1. The Morgan fingerprint density at radius 1 is 1.00 bits per heavy atom. The highest BCUT2D eigenvalue weighted by Gasteiger charge is 2.22. The second-order valence-electron chi connectivity index (χ2n) is 10.2. The normalized spacial score (nSPS) is 16.0. The largest absolute Gasteiger partial charge is 0.494 e. The first-order valence-corrected chi connectivity index (χ1v) is 13.2. The van der Waals surface area contributed by atoms with Gasteiger partial charge < -0.3 is 25.2 Å². The van der Waals surface area contributed by atoms with Gasteiger partial charge in [0.2, 0.25) is 5.95 Å². The number of hydrogen-bond acceptors (Lipinski definition) is 7. The molecule has 6 rings (SSSR count). The Labute approximate surface area is 222 Å². The average molecular weight is 512 g/mol. The number of nitrogens with one attached hydrogen (secondary N) is 2. The number of carbonyl (C=O) groups excluding carboxylic acids is 1. The summed E-state index contributed by atoms with van der Waals surface area (Å²) in [6, 6.07) is 17.8. The fraction of sp³-hybridized carbons (Fsp3) is 0.345. The van der Waals surface area contributed by atoms with Gasteiger partial charge in [0.1, 0.15) is 5.75 Å². The Morgan fingerprint density at radius 2 is 1.76 bits per heavy atom. The summed E-state index contributed by atoms with van der Waals surface area (Å²) < 4.78 is 7.45. The molecule has 1 aliphatic carbocycles. The number of hydrogen-bond donors (Lipinski definition) is 2. The van der Waals surface area contributed by atoms with Crippen molar-refractivity contribution in [2.24, 2.45) is 5.92 Å². The molecule has 1 saturated carbocycles. The highest BCUT2D eigenvalue weighted by Crippen LogP contribution is 2.32. The standard InChI is InChI=1S/C29H33N7O2/c1-34-13-15-35(16-14-34)24-10-11-25(26(17-24)38-2)31-29-32-27-12-9-23(19-36(27)33-29)21-5-7-22(8-6-21)28(37)30-18-20-3-4-20/h5-12,17,19-20H,3-4,13-16,18H2,1-2H3,(H,30,37)(H,31,33). The van der Waals surface area contributed by atoms with Gasteiger partial charge in [0.05, 0.1) is 12.8 Å². The van der Waals surface area contributed by atoms with E-state index in [9.17, 15) is 4.79 Å². The quantitative estimate of drug-likeness (QED) is 0.369. The van der Waals surface area contributed by atoms with Crippen molar-refractivity contribution in [3.8, 4) is 16.9 Å². The molecule has 1 saturated heterocycles. The topological polar surface area (TPSA) is 87.0 Å².